The molecule has 0 aromatic carbocycles. The van der Waals surface area contributed by atoms with Crippen molar-refractivity contribution in [2.75, 3.05) is 11.9 Å². The van der Waals surface area contributed by atoms with E-state index in [-0.39, 0.29) is 6.10 Å². The van der Waals surface area contributed by atoms with Crippen LogP contribution in [0.5, 0.6) is 0 Å². The minimum absolute atomic E-state index is 0.179. The van der Waals surface area contributed by atoms with E-state index < -0.39 is 0 Å². The van der Waals surface area contributed by atoms with Crippen molar-refractivity contribution in [1.29, 1.82) is 5.26 Å². The second-order valence-corrected chi connectivity index (χ2v) is 5.31. The van der Waals surface area contributed by atoms with E-state index in [1.54, 1.807) is 0 Å². The first-order valence-electron chi connectivity index (χ1n) is 6.77. The van der Waals surface area contributed by atoms with Gasteiger partial charge < -0.3 is 10.4 Å². The molecule has 0 saturated heterocycles. The summed E-state index contributed by atoms with van der Waals surface area (Å²) in [5.74, 6) is 1.00. The summed E-state index contributed by atoms with van der Waals surface area (Å²) in [5.41, 5.74) is 2.24. The van der Waals surface area contributed by atoms with E-state index >= 15 is 0 Å². The highest BCUT2D eigenvalue weighted by Gasteiger charge is 2.20. The highest BCUT2D eigenvalue weighted by atomic mass is 16.3. The van der Waals surface area contributed by atoms with Crippen molar-refractivity contribution in [3.05, 3.63) is 16.8 Å². The summed E-state index contributed by atoms with van der Waals surface area (Å²) in [6, 6.07) is 2.19. The summed E-state index contributed by atoms with van der Waals surface area (Å²) in [6.07, 6.45) is 3.74. The Morgan fingerprint density at radius 2 is 2.16 bits per heavy atom. The highest BCUT2D eigenvalue weighted by Crippen LogP contribution is 2.25. The van der Waals surface area contributed by atoms with E-state index in [1.165, 1.54) is 0 Å². The number of nitriles is 1. The van der Waals surface area contributed by atoms with Crippen LogP contribution in [0.4, 0.5) is 5.82 Å². The van der Waals surface area contributed by atoms with Gasteiger partial charge in [0.05, 0.1) is 11.8 Å². The molecule has 1 saturated carbocycles. The molecule has 0 bridgehead atoms. The number of nitrogens with one attached hydrogen (secondary N) is 1. The molecule has 19 heavy (non-hydrogen) atoms. The molecule has 0 amide bonds. The summed E-state index contributed by atoms with van der Waals surface area (Å²) >= 11 is 0. The molecule has 0 radical (unpaired) electrons. The maximum absolute atomic E-state index is 9.65. The third-order valence-corrected chi connectivity index (χ3v) is 3.88. The van der Waals surface area contributed by atoms with Crippen LogP contribution in [0.15, 0.2) is 0 Å². The maximum atomic E-state index is 9.65. The van der Waals surface area contributed by atoms with Crippen molar-refractivity contribution in [1.82, 2.24) is 10.2 Å². The first-order valence-corrected chi connectivity index (χ1v) is 6.77. The average molecular weight is 260 g/mol. The smallest absolute Gasteiger partial charge is 0.166 e. The predicted molar refractivity (Wildman–Crippen MR) is 72.7 cm³/mol. The SMILES string of the molecule is Cc1nnc(NCC2CCCC(O)C2)c(C#N)c1C. The van der Waals surface area contributed by atoms with E-state index in [0.29, 0.717) is 17.3 Å². The summed E-state index contributed by atoms with van der Waals surface area (Å²) in [5, 5.41) is 30.2. The van der Waals surface area contributed by atoms with Gasteiger partial charge in [0.15, 0.2) is 5.82 Å². The first kappa shape index (κ1) is 13.8. The van der Waals surface area contributed by atoms with E-state index in [2.05, 4.69) is 21.6 Å². The molecule has 1 fully saturated rings. The first-order chi connectivity index (χ1) is 9.11. The zero-order chi connectivity index (χ0) is 13.8. The molecule has 5 heteroatoms. The van der Waals surface area contributed by atoms with Gasteiger partial charge in [-0.25, -0.2) is 0 Å². The standard InChI is InChI=1S/C14H20N4O/c1-9-10(2)17-18-14(13(9)7-15)16-8-11-4-3-5-12(19)6-11/h11-12,19H,3-6,8H2,1-2H3,(H,16,18). The van der Waals surface area contributed by atoms with Gasteiger partial charge in [0.2, 0.25) is 0 Å². The molecule has 1 aliphatic rings. The molecule has 1 aliphatic carbocycles. The van der Waals surface area contributed by atoms with Crippen LogP contribution in [0.25, 0.3) is 0 Å². The minimum Gasteiger partial charge on any atom is -0.393 e. The molecule has 1 heterocycles. The lowest BCUT2D eigenvalue weighted by molar-refractivity contribution is 0.104. The monoisotopic (exact) mass is 260 g/mol. The van der Waals surface area contributed by atoms with Gasteiger partial charge in [-0.1, -0.05) is 6.42 Å². The van der Waals surface area contributed by atoms with Gasteiger partial charge in [-0.3, -0.25) is 0 Å². The Balaban J connectivity index is 2.04. The molecule has 2 N–H and O–H groups in total. The number of aliphatic hydroxyl groups excluding tert-OH is 1. The molecule has 102 valence electrons. The van der Waals surface area contributed by atoms with Gasteiger partial charge in [-0.2, -0.15) is 10.4 Å². The van der Waals surface area contributed by atoms with Crippen molar-refractivity contribution in [3.8, 4) is 6.07 Å². The van der Waals surface area contributed by atoms with Crippen molar-refractivity contribution in [2.24, 2.45) is 5.92 Å². The summed E-state index contributed by atoms with van der Waals surface area (Å²) < 4.78 is 0. The van der Waals surface area contributed by atoms with Crippen LogP contribution in [0.1, 0.15) is 42.5 Å². The number of aromatic nitrogens is 2. The quantitative estimate of drug-likeness (QED) is 0.867. The number of aliphatic hydroxyl groups is 1. The molecule has 0 spiro atoms. The fraction of sp³-hybridized carbons (Fsp3) is 0.643. The number of nitrogens with zero attached hydrogens (tertiary/aromatic N) is 3. The third kappa shape index (κ3) is 3.21. The predicted octanol–water partition coefficient (Wildman–Crippen LogP) is 1.93. The van der Waals surface area contributed by atoms with Crippen molar-refractivity contribution in [2.45, 2.75) is 45.6 Å². The fourth-order valence-corrected chi connectivity index (χ4v) is 2.56. The van der Waals surface area contributed by atoms with E-state index in [0.717, 1.165) is 43.5 Å². The molecular weight excluding hydrogens is 240 g/mol. The van der Waals surface area contributed by atoms with Crippen LogP contribution in [0, 0.1) is 31.1 Å². The van der Waals surface area contributed by atoms with Crippen molar-refractivity contribution >= 4 is 5.82 Å². The average Bonchev–Trinajstić information content (AvgIpc) is 2.40. The second kappa shape index (κ2) is 5.98. The molecule has 5 nitrogen and oxygen atoms in total. The van der Waals surface area contributed by atoms with E-state index in [9.17, 15) is 10.4 Å². The second-order valence-electron chi connectivity index (χ2n) is 5.31. The highest BCUT2D eigenvalue weighted by molar-refractivity contribution is 5.55. The van der Waals surface area contributed by atoms with Crippen molar-refractivity contribution in [3.63, 3.8) is 0 Å². The van der Waals surface area contributed by atoms with Gasteiger partial charge in [0, 0.05) is 6.54 Å². The van der Waals surface area contributed by atoms with Crippen LogP contribution in [-0.4, -0.2) is 28.0 Å². The zero-order valence-corrected chi connectivity index (χ0v) is 11.5. The number of anilines is 1. The summed E-state index contributed by atoms with van der Waals surface area (Å²) in [6.45, 7) is 4.48. The lowest BCUT2D eigenvalue weighted by atomic mass is 9.87. The molecular formula is C14H20N4O. The number of rotatable bonds is 3. The van der Waals surface area contributed by atoms with Crippen LogP contribution in [0.2, 0.25) is 0 Å². The van der Waals surface area contributed by atoms with Gasteiger partial charge in [0.25, 0.3) is 0 Å². The number of hydrogen-bond donors (Lipinski definition) is 2. The van der Waals surface area contributed by atoms with Gasteiger partial charge in [-0.15, -0.1) is 5.10 Å². The normalized spacial score (nSPS) is 22.8. The van der Waals surface area contributed by atoms with E-state index in [4.69, 9.17) is 0 Å². The fourth-order valence-electron chi connectivity index (χ4n) is 2.56. The Labute approximate surface area is 113 Å². The zero-order valence-electron chi connectivity index (χ0n) is 11.5. The Kier molecular flexibility index (Phi) is 4.33. The Morgan fingerprint density at radius 1 is 1.37 bits per heavy atom. The van der Waals surface area contributed by atoms with Crippen LogP contribution in [0.3, 0.4) is 0 Å². The van der Waals surface area contributed by atoms with Crippen LogP contribution >= 0.6 is 0 Å². The minimum atomic E-state index is -0.179. The van der Waals surface area contributed by atoms with Gasteiger partial charge >= 0.3 is 0 Å². The largest absolute Gasteiger partial charge is 0.393 e. The number of aryl methyl sites for hydroxylation is 1. The molecule has 2 atom stereocenters. The Bertz CT molecular complexity index is 495. The van der Waals surface area contributed by atoms with Crippen LogP contribution in [-0.2, 0) is 0 Å². The summed E-state index contributed by atoms with van der Waals surface area (Å²) in [4.78, 5) is 0. The lowest BCUT2D eigenvalue weighted by Gasteiger charge is -2.26. The molecule has 0 aliphatic heterocycles. The van der Waals surface area contributed by atoms with E-state index in [1.807, 2.05) is 13.8 Å². The van der Waals surface area contributed by atoms with Gasteiger partial charge in [-0.05, 0) is 44.6 Å². The topological polar surface area (TPSA) is 81.8 Å². The number of hydrogen-bond acceptors (Lipinski definition) is 5. The van der Waals surface area contributed by atoms with Crippen molar-refractivity contribution < 1.29 is 5.11 Å². The molecule has 1 aromatic rings. The lowest BCUT2D eigenvalue weighted by Crippen LogP contribution is -2.25. The Hall–Kier alpha value is -1.67. The Morgan fingerprint density at radius 3 is 2.84 bits per heavy atom. The van der Waals surface area contributed by atoms with Gasteiger partial charge in [0.1, 0.15) is 11.6 Å². The maximum Gasteiger partial charge on any atom is 0.166 e. The third-order valence-electron chi connectivity index (χ3n) is 3.88. The molecule has 1 aromatic heterocycles. The van der Waals surface area contributed by atoms with Crippen LogP contribution < -0.4 is 5.32 Å². The summed E-state index contributed by atoms with van der Waals surface area (Å²) in [7, 11) is 0. The molecule has 2 unspecified atom stereocenters. The molecule has 2 rings (SSSR count).